The lowest BCUT2D eigenvalue weighted by Gasteiger charge is -2.39. The summed E-state index contributed by atoms with van der Waals surface area (Å²) in [6, 6.07) is 9.44. The third-order valence-corrected chi connectivity index (χ3v) is 6.38. The van der Waals surface area contributed by atoms with Crippen LogP contribution in [0, 0.1) is 5.92 Å². The first-order valence-electron chi connectivity index (χ1n) is 11.8. The van der Waals surface area contributed by atoms with Gasteiger partial charge in [0, 0.05) is 32.0 Å². The van der Waals surface area contributed by atoms with E-state index in [1.165, 1.54) is 5.06 Å². The summed E-state index contributed by atoms with van der Waals surface area (Å²) >= 11 is 0. The van der Waals surface area contributed by atoms with Crippen LogP contribution in [-0.2, 0) is 22.6 Å². The van der Waals surface area contributed by atoms with Crippen molar-refractivity contribution in [1.82, 2.24) is 25.1 Å². The molecule has 10 heteroatoms. The SMILES string of the molecule is CC(C)(C)OC(=O)N1CC(Cc2nnc(C3CCC4CN3C(=O)N4OCc3ccccc3)o2)C1. The normalized spacial score (nSPS) is 22.8. The summed E-state index contributed by atoms with van der Waals surface area (Å²) in [5.74, 6) is 1.26. The van der Waals surface area contributed by atoms with Crippen LogP contribution in [0.15, 0.2) is 34.7 Å². The van der Waals surface area contributed by atoms with Gasteiger partial charge in [-0.3, -0.25) is 4.84 Å². The minimum atomic E-state index is -0.502. The molecule has 2 bridgehead atoms. The fraction of sp³-hybridized carbons (Fsp3) is 0.583. The van der Waals surface area contributed by atoms with E-state index < -0.39 is 5.60 Å². The van der Waals surface area contributed by atoms with Crippen molar-refractivity contribution in [3.63, 3.8) is 0 Å². The molecule has 34 heavy (non-hydrogen) atoms. The Morgan fingerprint density at radius 3 is 2.62 bits per heavy atom. The van der Waals surface area contributed by atoms with Crippen molar-refractivity contribution in [2.24, 2.45) is 5.92 Å². The van der Waals surface area contributed by atoms with Gasteiger partial charge in [0.15, 0.2) is 0 Å². The Kier molecular flexibility index (Phi) is 5.93. The summed E-state index contributed by atoms with van der Waals surface area (Å²) in [6.45, 7) is 7.73. The number of aromatic nitrogens is 2. The van der Waals surface area contributed by atoms with Crippen LogP contribution in [-0.4, -0.2) is 68.5 Å². The zero-order valence-electron chi connectivity index (χ0n) is 19.8. The predicted octanol–water partition coefficient (Wildman–Crippen LogP) is 3.55. The molecule has 0 aliphatic carbocycles. The first-order valence-corrected chi connectivity index (χ1v) is 11.8. The molecule has 3 amide bonds. The number of ether oxygens (including phenoxy) is 1. The van der Waals surface area contributed by atoms with Crippen LogP contribution in [0.5, 0.6) is 0 Å². The van der Waals surface area contributed by atoms with E-state index in [1.807, 2.05) is 51.1 Å². The second kappa shape index (κ2) is 8.90. The minimum Gasteiger partial charge on any atom is -0.444 e. The van der Waals surface area contributed by atoms with Gasteiger partial charge in [-0.15, -0.1) is 10.2 Å². The lowest BCUT2D eigenvalue weighted by atomic mass is 9.97. The van der Waals surface area contributed by atoms with Crippen LogP contribution < -0.4 is 0 Å². The van der Waals surface area contributed by atoms with E-state index in [0.717, 1.165) is 18.4 Å². The number of rotatable bonds is 6. The number of likely N-dealkylation sites (tertiary alicyclic amines) is 1. The first-order chi connectivity index (χ1) is 16.3. The third-order valence-electron chi connectivity index (χ3n) is 6.38. The molecule has 1 aromatic carbocycles. The monoisotopic (exact) mass is 469 g/mol. The molecular weight excluding hydrogens is 438 g/mol. The van der Waals surface area contributed by atoms with Crippen LogP contribution in [0.4, 0.5) is 9.59 Å². The Bertz CT molecular complexity index is 1030. The van der Waals surface area contributed by atoms with Gasteiger partial charge < -0.3 is 19.0 Å². The lowest BCUT2D eigenvalue weighted by Crippen LogP contribution is -2.52. The van der Waals surface area contributed by atoms with Crippen LogP contribution in [0.25, 0.3) is 0 Å². The van der Waals surface area contributed by atoms with Gasteiger partial charge in [0.25, 0.3) is 0 Å². The van der Waals surface area contributed by atoms with E-state index in [0.29, 0.717) is 44.4 Å². The molecule has 5 rings (SSSR count). The van der Waals surface area contributed by atoms with E-state index >= 15 is 0 Å². The number of benzene rings is 1. The Hall–Kier alpha value is -3.14. The highest BCUT2D eigenvalue weighted by Gasteiger charge is 2.48. The van der Waals surface area contributed by atoms with Gasteiger partial charge in [0.1, 0.15) is 18.2 Å². The molecular formula is C24H31N5O5. The molecule has 3 saturated heterocycles. The van der Waals surface area contributed by atoms with Crippen molar-refractivity contribution in [2.75, 3.05) is 19.6 Å². The second-order valence-electron chi connectivity index (χ2n) is 10.3. The topological polar surface area (TPSA) is 101 Å². The highest BCUT2D eigenvalue weighted by Crippen LogP contribution is 2.38. The molecule has 182 valence electrons. The maximum absolute atomic E-state index is 13.0. The molecule has 2 unspecified atom stereocenters. The molecule has 0 radical (unpaired) electrons. The molecule has 2 aromatic rings. The average Bonchev–Trinajstić information content (AvgIpc) is 3.32. The number of hydroxylamine groups is 2. The zero-order valence-corrected chi connectivity index (χ0v) is 19.8. The lowest BCUT2D eigenvalue weighted by molar-refractivity contribution is -0.140. The smallest absolute Gasteiger partial charge is 0.410 e. The van der Waals surface area contributed by atoms with Crippen LogP contribution in [0.1, 0.15) is 57.0 Å². The fourth-order valence-electron chi connectivity index (χ4n) is 4.68. The molecule has 0 N–H and O–H groups in total. The fourth-order valence-corrected chi connectivity index (χ4v) is 4.68. The summed E-state index contributed by atoms with van der Waals surface area (Å²) < 4.78 is 11.4. The number of fused-ring (bicyclic) bond motifs is 2. The van der Waals surface area contributed by atoms with E-state index in [2.05, 4.69) is 10.2 Å². The number of piperidine rings is 1. The summed E-state index contributed by atoms with van der Waals surface area (Å²) in [5, 5.41) is 9.96. The predicted molar refractivity (Wildman–Crippen MR) is 120 cm³/mol. The Labute approximate surface area is 198 Å². The summed E-state index contributed by atoms with van der Waals surface area (Å²) in [6.07, 6.45) is 1.87. The molecule has 10 nitrogen and oxygen atoms in total. The van der Waals surface area contributed by atoms with E-state index in [9.17, 15) is 9.59 Å². The number of carbonyl (C=O) groups excluding carboxylic acids is 2. The number of urea groups is 1. The van der Waals surface area contributed by atoms with E-state index in [4.69, 9.17) is 14.0 Å². The highest BCUT2D eigenvalue weighted by atomic mass is 16.7. The molecule has 2 atom stereocenters. The minimum absolute atomic E-state index is 0.0312. The number of hydrogen-bond acceptors (Lipinski definition) is 7. The Morgan fingerprint density at radius 1 is 1.12 bits per heavy atom. The third kappa shape index (κ3) is 4.72. The zero-order chi connectivity index (χ0) is 23.9. The second-order valence-corrected chi connectivity index (χ2v) is 10.3. The molecule has 4 heterocycles. The average molecular weight is 470 g/mol. The molecule has 0 spiro atoms. The largest absolute Gasteiger partial charge is 0.444 e. The number of hydrogen-bond donors (Lipinski definition) is 0. The standard InChI is InChI=1S/C24H31N5O5/c1-24(2,3)34-23(31)27-12-17(13-27)11-20-25-26-21(33-20)19-10-9-18-14-28(19)22(30)29(18)32-15-16-7-5-4-6-8-16/h4-8,17-19H,9-15H2,1-3H3. The van der Waals surface area contributed by atoms with Crippen LogP contribution >= 0.6 is 0 Å². The molecule has 1 aromatic heterocycles. The maximum atomic E-state index is 13.0. The van der Waals surface area contributed by atoms with Gasteiger partial charge in [0.2, 0.25) is 11.8 Å². The van der Waals surface area contributed by atoms with Crippen LogP contribution in [0.3, 0.4) is 0 Å². The van der Waals surface area contributed by atoms with Gasteiger partial charge in [-0.25, -0.2) is 9.59 Å². The van der Waals surface area contributed by atoms with Gasteiger partial charge in [-0.1, -0.05) is 30.3 Å². The molecule has 3 aliphatic rings. The van der Waals surface area contributed by atoms with Crippen molar-refractivity contribution in [3.8, 4) is 0 Å². The molecule has 3 fully saturated rings. The van der Waals surface area contributed by atoms with Crippen LogP contribution in [0.2, 0.25) is 0 Å². The first kappa shape index (κ1) is 22.6. The van der Waals surface area contributed by atoms with E-state index in [1.54, 1.807) is 9.80 Å². The van der Waals surface area contributed by atoms with Crippen molar-refractivity contribution in [2.45, 2.75) is 64.3 Å². The van der Waals surface area contributed by atoms with Gasteiger partial charge >= 0.3 is 12.1 Å². The van der Waals surface area contributed by atoms with Crippen molar-refractivity contribution in [1.29, 1.82) is 0 Å². The summed E-state index contributed by atoms with van der Waals surface area (Å²) in [7, 11) is 0. The Morgan fingerprint density at radius 2 is 1.88 bits per heavy atom. The Balaban J connectivity index is 1.14. The quantitative estimate of drug-likeness (QED) is 0.638. The van der Waals surface area contributed by atoms with Crippen molar-refractivity contribution in [3.05, 3.63) is 47.7 Å². The van der Waals surface area contributed by atoms with Crippen molar-refractivity contribution < 1.29 is 23.6 Å². The maximum Gasteiger partial charge on any atom is 0.410 e. The van der Waals surface area contributed by atoms with Crippen molar-refractivity contribution >= 4 is 12.1 Å². The van der Waals surface area contributed by atoms with Gasteiger partial charge in [-0.05, 0) is 39.2 Å². The summed E-state index contributed by atoms with van der Waals surface area (Å²) in [4.78, 5) is 34.4. The highest BCUT2D eigenvalue weighted by molar-refractivity contribution is 5.77. The molecule has 0 saturated carbocycles. The van der Waals surface area contributed by atoms with Gasteiger partial charge in [-0.2, -0.15) is 5.06 Å². The number of carbonyl (C=O) groups is 2. The van der Waals surface area contributed by atoms with Gasteiger partial charge in [0.05, 0.1) is 6.04 Å². The molecule has 3 aliphatic heterocycles. The summed E-state index contributed by atoms with van der Waals surface area (Å²) in [5.41, 5.74) is 0.517. The number of nitrogens with zero attached hydrogens (tertiary/aromatic N) is 5. The van der Waals surface area contributed by atoms with E-state index in [-0.39, 0.29) is 30.1 Å². The number of amides is 3.